The van der Waals surface area contributed by atoms with Gasteiger partial charge in [0.2, 0.25) is 0 Å². The number of carbonyl (C=O) groups excluding carboxylic acids is 1. The van der Waals surface area contributed by atoms with Gasteiger partial charge in [-0.2, -0.15) is 0 Å². The first-order valence-electron chi connectivity index (χ1n) is 8.04. The summed E-state index contributed by atoms with van der Waals surface area (Å²) in [6.45, 7) is 0.347. The SMILES string of the molecule is COc1ccccc1CNC(=O)c1ccc(Nc2ccc(F)cc2)cn1. The fourth-order valence-electron chi connectivity index (χ4n) is 2.42. The summed E-state index contributed by atoms with van der Waals surface area (Å²) in [4.78, 5) is 16.4. The van der Waals surface area contributed by atoms with Gasteiger partial charge in [0.25, 0.3) is 5.91 Å². The Morgan fingerprint density at radius 3 is 2.46 bits per heavy atom. The third kappa shape index (κ3) is 4.36. The molecule has 0 aliphatic rings. The summed E-state index contributed by atoms with van der Waals surface area (Å²) < 4.78 is 18.2. The summed E-state index contributed by atoms with van der Waals surface area (Å²) >= 11 is 0. The Bertz CT molecular complexity index is 880. The van der Waals surface area contributed by atoms with Crippen LogP contribution in [0, 0.1) is 5.82 Å². The molecule has 0 saturated carbocycles. The van der Waals surface area contributed by atoms with Crippen LogP contribution in [0.1, 0.15) is 16.1 Å². The molecule has 2 N–H and O–H groups in total. The van der Waals surface area contributed by atoms with Crippen molar-refractivity contribution in [3.8, 4) is 5.75 Å². The number of hydrogen-bond donors (Lipinski definition) is 2. The van der Waals surface area contributed by atoms with E-state index in [1.165, 1.54) is 12.1 Å². The normalized spacial score (nSPS) is 10.2. The summed E-state index contributed by atoms with van der Waals surface area (Å²) in [5.74, 6) is 0.152. The van der Waals surface area contributed by atoms with Crippen LogP contribution < -0.4 is 15.4 Å². The molecule has 0 aliphatic heterocycles. The van der Waals surface area contributed by atoms with Crippen LogP contribution in [0.4, 0.5) is 15.8 Å². The minimum absolute atomic E-state index is 0.274. The average molecular weight is 351 g/mol. The lowest BCUT2D eigenvalue weighted by molar-refractivity contribution is 0.0945. The Hall–Kier alpha value is -3.41. The molecule has 0 bridgehead atoms. The average Bonchev–Trinajstić information content (AvgIpc) is 2.68. The van der Waals surface area contributed by atoms with Gasteiger partial charge in [-0.1, -0.05) is 18.2 Å². The highest BCUT2D eigenvalue weighted by Crippen LogP contribution is 2.18. The molecule has 2 aromatic carbocycles. The largest absolute Gasteiger partial charge is 0.496 e. The number of ether oxygens (including phenoxy) is 1. The lowest BCUT2D eigenvalue weighted by Gasteiger charge is -2.10. The number of rotatable bonds is 6. The van der Waals surface area contributed by atoms with Gasteiger partial charge in [-0.3, -0.25) is 4.79 Å². The van der Waals surface area contributed by atoms with Crippen LogP contribution in [-0.2, 0) is 6.54 Å². The van der Waals surface area contributed by atoms with Gasteiger partial charge in [0.1, 0.15) is 17.3 Å². The molecule has 0 unspecified atom stereocenters. The molecule has 26 heavy (non-hydrogen) atoms. The van der Waals surface area contributed by atoms with Gasteiger partial charge in [-0.25, -0.2) is 9.37 Å². The van der Waals surface area contributed by atoms with E-state index in [-0.39, 0.29) is 11.7 Å². The second-order valence-electron chi connectivity index (χ2n) is 5.56. The molecule has 1 amide bonds. The fraction of sp³-hybridized carbons (Fsp3) is 0.100. The monoisotopic (exact) mass is 351 g/mol. The molecule has 1 aromatic heterocycles. The van der Waals surface area contributed by atoms with Gasteiger partial charge in [0.05, 0.1) is 19.0 Å². The minimum atomic E-state index is -0.296. The number of nitrogens with one attached hydrogen (secondary N) is 2. The van der Waals surface area contributed by atoms with E-state index in [9.17, 15) is 9.18 Å². The molecule has 3 aromatic rings. The number of nitrogens with zero attached hydrogens (tertiary/aromatic N) is 1. The van der Waals surface area contributed by atoms with Crippen LogP contribution in [0.15, 0.2) is 66.9 Å². The summed E-state index contributed by atoms with van der Waals surface area (Å²) in [5, 5.41) is 5.91. The maximum atomic E-state index is 12.9. The van der Waals surface area contributed by atoms with Gasteiger partial charge in [0, 0.05) is 17.8 Å². The zero-order chi connectivity index (χ0) is 18.4. The Labute approximate surface area is 150 Å². The molecule has 0 saturated heterocycles. The molecule has 1 heterocycles. The van der Waals surface area contributed by atoms with Crippen molar-refractivity contribution in [2.24, 2.45) is 0 Å². The highest BCUT2D eigenvalue weighted by atomic mass is 19.1. The molecule has 0 atom stereocenters. The summed E-state index contributed by atoms with van der Waals surface area (Å²) in [7, 11) is 1.59. The van der Waals surface area contributed by atoms with E-state index in [0.29, 0.717) is 17.9 Å². The van der Waals surface area contributed by atoms with E-state index in [2.05, 4.69) is 15.6 Å². The lowest BCUT2D eigenvalue weighted by Crippen LogP contribution is -2.24. The second kappa shape index (κ2) is 8.11. The summed E-state index contributed by atoms with van der Waals surface area (Å²) in [5.41, 5.74) is 2.64. The molecule has 3 rings (SSSR count). The first kappa shape index (κ1) is 17.4. The number of anilines is 2. The van der Waals surface area contributed by atoms with Crippen molar-refractivity contribution in [3.05, 3.63) is 83.9 Å². The smallest absolute Gasteiger partial charge is 0.270 e. The van der Waals surface area contributed by atoms with Gasteiger partial charge in [-0.15, -0.1) is 0 Å². The molecular formula is C20H18FN3O2. The van der Waals surface area contributed by atoms with Crippen molar-refractivity contribution < 1.29 is 13.9 Å². The number of benzene rings is 2. The van der Waals surface area contributed by atoms with E-state index in [0.717, 1.165) is 17.0 Å². The van der Waals surface area contributed by atoms with E-state index >= 15 is 0 Å². The van der Waals surface area contributed by atoms with Crippen molar-refractivity contribution in [1.82, 2.24) is 10.3 Å². The quantitative estimate of drug-likeness (QED) is 0.707. The number of pyridine rings is 1. The van der Waals surface area contributed by atoms with Gasteiger partial charge < -0.3 is 15.4 Å². The molecule has 0 fully saturated rings. The molecule has 0 aliphatic carbocycles. The summed E-state index contributed by atoms with van der Waals surface area (Å²) in [6.07, 6.45) is 1.56. The molecule has 0 radical (unpaired) electrons. The molecule has 5 nitrogen and oxygen atoms in total. The maximum Gasteiger partial charge on any atom is 0.270 e. The number of para-hydroxylation sites is 1. The second-order valence-corrected chi connectivity index (χ2v) is 5.56. The van der Waals surface area contributed by atoms with Gasteiger partial charge in [-0.05, 0) is 42.5 Å². The predicted molar refractivity (Wildman–Crippen MR) is 98.1 cm³/mol. The van der Waals surface area contributed by atoms with Crippen molar-refractivity contribution in [2.75, 3.05) is 12.4 Å². The molecular weight excluding hydrogens is 333 g/mol. The first-order chi connectivity index (χ1) is 12.7. The number of carbonyl (C=O) groups is 1. The van der Waals surface area contributed by atoms with Crippen LogP contribution in [0.2, 0.25) is 0 Å². The fourth-order valence-corrected chi connectivity index (χ4v) is 2.42. The standard InChI is InChI=1S/C20H18FN3O2/c1-26-19-5-3-2-4-14(19)12-23-20(25)18-11-10-17(13-22-18)24-16-8-6-15(21)7-9-16/h2-11,13,24H,12H2,1H3,(H,23,25). The molecule has 132 valence electrons. The number of halogens is 1. The van der Waals surface area contributed by atoms with E-state index in [1.807, 2.05) is 24.3 Å². The number of methoxy groups -OCH3 is 1. The highest BCUT2D eigenvalue weighted by Gasteiger charge is 2.09. The Morgan fingerprint density at radius 1 is 1.04 bits per heavy atom. The first-order valence-corrected chi connectivity index (χ1v) is 8.04. The third-order valence-electron chi connectivity index (χ3n) is 3.76. The zero-order valence-electron chi connectivity index (χ0n) is 14.2. The van der Waals surface area contributed by atoms with Gasteiger partial charge in [0.15, 0.2) is 0 Å². The van der Waals surface area contributed by atoms with Crippen molar-refractivity contribution in [1.29, 1.82) is 0 Å². The van der Waals surface area contributed by atoms with E-state index < -0.39 is 0 Å². The minimum Gasteiger partial charge on any atom is -0.496 e. The Morgan fingerprint density at radius 2 is 1.77 bits per heavy atom. The third-order valence-corrected chi connectivity index (χ3v) is 3.76. The van der Waals surface area contributed by atoms with Crippen LogP contribution in [0.3, 0.4) is 0 Å². The topological polar surface area (TPSA) is 63.2 Å². The number of aromatic nitrogens is 1. The Balaban J connectivity index is 1.60. The van der Waals surface area contributed by atoms with Crippen molar-refractivity contribution in [3.63, 3.8) is 0 Å². The van der Waals surface area contributed by atoms with E-state index in [4.69, 9.17) is 4.74 Å². The highest BCUT2D eigenvalue weighted by molar-refractivity contribution is 5.92. The molecule has 6 heteroatoms. The van der Waals surface area contributed by atoms with E-state index in [1.54, 1.807) is 37.6 Å². The lowest BCUT2D eigenvalue weighted by atomic mass is 10.2. The summed E-state index contributed by atoms with van der Waals surface area (Å²) in [6, 6.07) is 16.9. The van der Waals surface area contributed by atoms with Crippen LogP contribution in [0.5, 0.6) is 5.75 Å². The van der Waals surface area contributed by atoms with Crippen LogP contribution in [-0.4, -0.2) is 18.0 Å². The van der Waals surface area contributed by atoms with Crippen LogP contribution in [0.25, 0.3) is 0 Å². The van der Waals surface area contributed by atoms with Crippen molar-refractivity contribution in [2.45, 2.75) is 6.54 Å². The predicted octanol–water partition coefficient (Wildman–Crippen LogP) is 3.90. The Kier molecular flexibility index (Phi) is 5.43. The zero-order valence-corrected chi connectivity index (χ0v) is 14.2. The van der Waals surface area contributed by atoms with Crippen molar-refractivity contribution >= 4 is 17.3 Å². The van der Waals surface area contributed by atoms with Gasteiger partial charge >= 0.3 is 0 Å². The number of amides is 1. The maximum absolute atomic E-state index is 12.9. The molecule has 0 spiro atoms. The number of hydrogen-bond acceptors (Lipinski definition) is 4. The van der Waals surface area contributed by atoms with Crippen LogP contribution >= 0.6 is 0 Å².